The van der Waals surface area contributed by atoms with Gasteiger partial charge in [0.05, 0.1) is 5.25 Å². The second-order valence-corrected chi connectivity index (χ2v) is 8.43. The van der Waals surface area contributed by atoms with E-state index in [4.69, 9.17) is 11.6 Å². The maximum absolute atomic E-state index is 12.6. The van der Waals surface area contributed by atoms with Crippen LogP contribution >= 0.6 is 23.4 Å². The van der Waals surface area contributed by atoms with Gasteiger partial charge in [0, 0.05) is 35.6 Å². The van der Waals surface area contributed by atoms with Crippen molar-refractivity contribution < 1.29 is 4.79 Å². The van der Waals surface area contributed by atoms with Crippen LogP contribution in [0.3, 0.4) is 0 Å². The Morgan fingerprint density at radius 2 is 2.00 bits per heavy atom. The molecule has 8 heteroatoms. The summed E-state index contributed by atoms with van der Waals surface area (Å²) in [6.45, 7) is 2.28. The number of carbonyl (C=O) groups excluding carboxylic acids is 1. The van der Waals surface area contributed by atoms with Gasteiger partial charge in [0.2, 0.25) is 5.91 Å². The van der Waals surface area contributed by atoms with E-state index >= 15 is 0 Å². The number of amides is 1. The second kappa shape index (κ2) is 8.32. The third kappa shape index (κ3) is 4.20. The maximum Gasteiger partial charge on any atom is 0.233 e. The van der Waals surface area contributed by atoms with Crippen LogP contribution in [0.2, 0.25) is 5.02 Å². The summed E-state index contributed by atoms with van der Waals surface area (Å²) in [4.78, 5) is 16.6. The van der Waals surface area contributed by atoms with E-state index < -0.39 is 0 Å². The van der Waals surface area contributed by atoms with Crippen molar-refractivity contribution in [2.45, 2.75) is 42.8 Å². The van der Waals surface area contributed by atoms with Gasteiger partial charge >= 0.3 is 0 Å². The van der Waals surface area contributed by atoms with E-state index in [2.05, 4.69) is 25.1 Å². The molecule has 1 aromatic carbocycles. The zero-order chi connectivity index (χ0) is 19.5. The van der Waals surface area contributed by atoms with Gasteiger partial charge in [-0.25, -0.2) is 0 Å². The standard InChI is InChI=1S/C20H20ClN5OS/c1-13(19(27)23-12-15-4-2-3-5-17(15)21)28-20-25-24-18(26(20)16-6-7-16)14-8-10-22-11-9-14/h2-5,8-11,13,16H,6-7,12H2,1H3,(H,23,27)/t13-/m1/s1. The summed E-state index contributed by atoms with van der Waals surface area (Å²) in [5.74, 6) is 0.775. The number of halogens is 1. The minimum absolute atomic E-state index is 0.0549. The lowest BCUT2D eigenvalue weighted by atomic mass is 10.2. The molecule has 0 aliphatic heterocycles. The molecule has 1 aliphatic rings. The average molecular weight is 414 g/mol. The van der Waals surface area contributed by atoms with Crippen molar-refractivity contribution in [2.75, 3.05) is 0 Å². The van der Waals surface area contributed by atoms with Crippen molar-refractivity contribution in [3.05, 3.63) is 59.4 Å². The monoisotopic (exact) mass is 413 g/mol. The molecule has 1 aliphatic carbocycles. The number of aromatic nitrogens is 4. The number of pyridine rings is 1. The van der Waals surface area contributed by atoms with Gasteiger partial charge in [-0.1, -0.05) is 41.6 Å². The highest BCUT2D eigenvalue weighted by atomic mass is 35.5. The van der Waals surface area contributed by atoms with Gasteiger partial charge in [0.1, 0.15) is 0 Å². The molecule has 144 valence electrons. The zero-order valence-corrected chi connectivity index (χ0v) is 17.0. The highest BCUT2D eigenvalue weighted by Crippen LogP contribution is 2.41. The summed E-state index contributed by atoms with van der Waals surface area (Å²) in [5, 5.41) is 12.8. The molecule has 1 saturated carbocycles. The molecule has 3 aromatic rings. The predicted molar refractivity (Wildman–Crippen MR) is 110 cm³/mol. The molecule has 0 saturated heterocycles. The number of thioether (sulfide) groups is 1. The number of hydrogen-bond acceptors (Lipinski definition) is 5. The normalized spacial score (nSPS) is 14.6. The van der Waals surface area contributed by atoms with Gasteiger partial charge in [-0.3, -0.25) is 14.3 Å². The van der Waals surface area contributed by atoms with E-state index in [1.54, 1.807) is 12.4 Å². The summed E-state index contributed by atoms with van der Waals surface area (Å²) in [7, 11) is 0. The highest BCUT2D eigenvalue weighted by Gasteiger charge is 2.31. The SMILES string of the molecule is C[C@@H](Sc1nnc(-c2ccncc2)n1C1CC1)C(=O)NCc1ccccc1Cl. The Morgan fingerprint density at radius 1 is 1.25 bits per heavy atom. The highest BCUT2D eigenvalue weighted by molar-refractivity contribution is 8.00. The van der Waals surface area contributed by atoms with Crippen LogP contribution in [0.4, 0.5) is 0 Å². The largest absolute Gasteiger partial charge is 0.351 e. The molecule has 0 spiro atoms. The van der Waals surface area contributed by atoms with Gasteiger partial charge in [-0.05, 0) is 43.5 Å². The quantitative estimate of drug-likeness (QED) is 0.589. The molecule has 6 nitrogen and oxygen atoms in total. The van der Waals surface area contributed by atoms with Crippen molar-refractivity contribution in [2.24, 2.45) is 0 Å². The van der Waals surface area contributed by atoms with Crippen LogP contribution < -0.4 is 5.32 Å². The van der Waals surface area contributed by atoms with Gasteiger partial charge < -0.3 is 5.32 Å². The van der Waals surface area contributed by atoms with Crippen molar-refractivity contribution >= 4 is 29.3 Å². The summed E-state index contributed by atoms with van der Waals surface area (Å²) < 4.78 is 2.15. The lowest BCUT2D eigenvalue weighted by Crippen LogP contribution is -2.30. The third-order valence-electron chi connectivity index (χ3n) is 4.58. The number of hydrogen-bond donors (Lipinski definition) is 1. The Balaban J connectivity index is 1.46. The Labute approximate surface area is 172 Å². The first-order valence-electron chi connectivity index (χ1n) is 9.16. The summed E-state index contributed by atoms with van der Waals surface area (Å²) in [5.41, 5.74) is 1.88. The topological polar surface area (TPSA) is 72.7 Å². The van der Waals surface area contributed by atoms with Crippen molar-refractivity contribution in [3.63, 3.8) is 0 Å². The molecule has 1 amide bonds. The van der Waals surface area contributed by atoms with E-state index in [9.17, 15) is 4.79 Å². The Bertz CT molecular complexity index is 974. The zero-order valence-electron chi connectivity index (χ0n) is 15.4. The van der Waals surface area contributed by atoms with Crippen LogP contribution in [-0.2, 0) is 11.3 Å². The van der Waals surface area contributed by atoms with Gasteiger partial charge in [-0.2, -0.15) is 0 Å². The smallest absolute Gasteiger partial charge is 0.233 e. The van der Waals surface area contributed by atoms with Crippen LogP contribution in [0.5, 0.6) is 0 Å². The lowest BCUT2D eigenvalue weighted by Gasteiger charge is -2.14. The molecule has 1 N–H and O–H groups in total. The number of benzene rings is 1. The fraction of sp³-hybridized carbons (Fsp3) is 0.300. The first kappa shape index (κ1) is 19.0. The Hall–Kier alpha value is -2.38. The molecule has 2 aromatic heterocycles. The number of nitrogens with zero attached hydrogens (tertiary/aromatic N) is 4. The summed E-state index contributed by atoms with van der Waals surface area (Å²) >= 11 is 7.59. The van der Waals surface area contributed by atoms with Crippen LogP contribution in [0.15, 0.2) is 53.9 Å². The fourth-order valence-corrected chi connectivity index (χ4v) is 4.04. The minimum atomic E-state index is -0.297. The van der Waals surface area contributed by atoms with Crippen molar-refractivity contribution in [1.29, 1.82) is 0 Å². The fourth-order valence-electron chi connectivity index (χ4n) is 2.90. The number of nitrogens with one attached hydrogen (secondary N) is 1. The predicted octanol–water partition coefficient (Wildman–Crippen LogP) is 4.13. The van der Waals surface area contributed by atoms with E-state index in [-0.39, 0.29) is 11.2 Å². The number of carbonyl (C=O) groups is 1. The number of rotatable bonds is 7. The van der Waals surface area contributed by atoms with E-state index in [0.29, 0.717) is 17.6 Å². The van der Waals surface area contributed by atoms with Crippen LogP contribution in [0.1, 0.15) is 31.4 Å². The Morgan fingerprint density at radius 3 is 2.71 bits per heavy atom. The first-order valence-corrected chi connectivity index (χ1v) is 10.4. The first-order chi connectivity index (χ1) is 13.6. The molecular formula is C20H20ClN5OS. The average Bonchev–Trinajstić information content (AvgIpc) is 3.47. The Kier molecular flexibility index (Phi) is 5.64. The molecule has 0 bridgehead atoms. The van der Waals surface area contributed by atoms with Crippen molar-refractivity contribution in [3.8, 4) is 11.4 Å². The summed E-state index contributed by atoms with van der Waals surface area (Å²) in [6, 6.07) is 11.8. The van der Waals surface area contributed by atoms with Gasteiger partial charge in [0.25, 0.3) is 0 Å². The molecule has 2 heterocycles. The lowest BCUT2D eigenvalue weighted by molar-refractivity contribution is -0.120. The van der Waals surface area contributed by atoms with E-state index in [1.165, 1.54) is 11.8 Å². The summed E-state index contributed by atoms with van der Waals surface area (Å²) in [6.07, 6.45) is 5.71. The third-order valence-corrected chi connectivity index (χ3v) is 6.00. The van der Waals surface area contributed by atoms with Crippen LogP contribution in [0, 0.1) is 0 Å². The minimum Gasteiger partial charge on any atom is -0.351 e. The molecule has 4 rings (SSSR count). The molecule has 28 heavy (non-hydrogen) atoms. The van der Waals surface area contributed by atoms with Gasteiger partial charge in [0.15, 0.2) is 11.0 Å². The molecule has 1 atom stereocenters. The van der Waals surface area contributed by atoms with Crippen LogP contribution in [0.25, 0.3) is 11.4 Å². The van der Waals surface area contributed by atoms with Crippen LogP contribution in [-0.4, -0.2) is 30.9 Å². The van der Waals surface area contributed by atoms with Gasteiger partial charge in [-0.15, -0.1) is 10.2 Å². The maximum atomic E-state index is 12.6. The molecule has 0 unspecified atom stereocenters. The molecule has 1 fully saturated rings. The van der Waals surface area contributed by atoms with Crippen molar-refractivity contribution in [1.82, 2.24) is 25.1 Å². The molecule has 0 radical (unpaired) electrons. The molecular weight excluding hydrogens is 394 g/mol. The van der Waals surface area contributed by atoms with E-state index in [1.807, 2.05) is 43.3 Å². The van der Waals surface area contributed by atoms with E-state index in [0.717, 1.165) is 34.9 Å². The second-order valence-electron chi connectivity index (χ2n) is 6.71.